The van der Waals surface area contributed by atoms with E-state index in [-0.39, 0.29) is 8.89 Å². The Morgan fingerprint density at radius 3 is 2.64 bits per heavy atom. The first-order valence-electron chi connectivity index (χ1n) is 2.70. The molecule has 1 nitrogen and oxygen atoms in total. The molecule has 0 aliphatic rings. The molecule has 0 unspecified atom stereocenters. The first-order chi connectivity index (χ1) is 5.11. The normalized spacial score (nSPS) is 10.6. The summed E-state index contributed by atoms with van der Waals surface area (Å²) in [6.07, 6.45) is 1.50. The fraction of sp³-hybridized carbons (Fsp3) is 0.167. The smallest absolute Gasteiger partial charge is 0.164 e. The zero-order valence-electron chi connectivity index (χ0n) is 5.19. The zero-order valence-corrected chi connectivity index (χ0v) is 9.12. The lowest BCUT2D eigenvalue weighted by molar-refractivity contribution is 0.620. The first-order valence-corrected chi connectivity index (χ1v) is 4.91. The van der Waals surface area contributed by atoms with E-state index < -0.39 is 5.82 Å². The molecule has 0 saturated carbocycles. The molecule has 0 atom stereocenters. The predicted molar refractivity (Wildman–Crippen MR) is 49.8 cm³/mol. The van der Waals surface area contributed by atoms with E-state index >= 15 is 0 Å². The highest BCUT2D eigenvalue weighted by Gasteiger charge is 2.06. The van der Waals surface area contributed by atoms with Crippen LogP contribution in [-0.4, -0.2) is 4.98 Å². The minimum atomic E-state index is -0.506. The number of hydrogen-bond acceptors (Lipinski definition) is 1. The second-order valence-electron chi connectivity index (χ2n) is 1.84. The van der Waals surface area contributed by atoms with Crippen LogP contribution in [0.15, 0.2) is 12.3 Å². The van der Waals surface area contributed by atoms with Crippen molar-refractivity contribution in [2.75, 3.05) is 0 Å². The fourth-order valence-electron chi connectivity index (χ4n) is 0.555. The van der Waals surface area contributed by atoms with Crippen molar-refractivity contribution in [3.63, 3.8) is 0 Å². The largest absolute Gasteiger partial charge is 0.241 e. The van der Waals surface area contributed by atoms with Crippen molar-refractivity contribution in [2.24, 2.45) is 0 Å². The second-order valence-corrected chi connectivity index (χ2v) is 5.26. The van der Waals surface area contributed by atoms with Gasteiger partial charge in [0.15, 0.2) is 11.0 Å². The van der Waals surface area contributed by atoms with Crippen molar-refractivity contribution in [2.45, 2.75) is 3.74 Å². The lowest BCUT2D eigenvalue weighted by Gasteiger charge is -2.00. The summed E-state index contributed by atoms with van der Waals surface area (Å²) in [7, 11) is 0. The molecule has 0 saturated heterocycles. The molecule has 11 heavy (non-hydrogen) atoms. The number of nitrogens with zero attached hydrogens (tertiary/aromatic N) is 1. The van der Waals surface area contributed by atoms with Gasteiger partial charge in [-0.05, 0) is 11.6 Å². The third-order valence-electron chi connectivity index (χ3n) is 1.07. The third kappa shape index (κ3) is 2.39. The van der Waals surface area contributed by atoms with E-state index in [2.05, 4.69) is 36.8 Å². The number of rotatable bonds is 1. The van der Waals surface area contributed by atoms with E-state index in [0.717, 1.165) is 0 Å². The van der Waals surface area contributed by atoms with Crippen molar-refractivity contribution in [1.82, 2.24) is 4.98 Å². The lowest BCUT2D eigenvalue weighted by atomic mass is 10.3. The van der Waals surface area contributed by atoms with Crippen molar-refractivity contribution in [3.8, 4) is 0 Å². The van der Waals surface area contributed by atoms with E-state index in [0.29, 0.717) is 5.56 Å². The summed E-state index contributed by atoms with van der Waals surface area (Å²) in [6, 6.07) is 1.32. The fourth-order valence-corrected chi connectivity index (χ4v) is 1.16. The molecule has 0 aliphatic carbocycles. The second kappa shape index (κ2) is 3.83. The molecule has 5 heteroatoms. The summed E-state index contributed by atoms with van der Waals surface area (Å²) >= 11 is 11.8. The van der Waals surface area contributed by atoms with Gasteiger partial charge in [-0.3, -0.25) is 0 Å². The van der Waals surface area contributed by atoms with Crippen molar-refractivity contribution in [3.05, 3.63) is 28.8 Å². The van der Waals surface area contributed by atoms with Crippen molar-refractivity contribution in [1.29, 1.82) is 0 Å². The molecule has 1 aromatic heterocycles. The summed E-state index contributed by atoms with van der Waals surface area (Å²) in [4.78, 5) is 3.63. The molecular weight excluding hydrogens is 300 g/mol. The summed E-state index contributed by atoms with van der Waals surface area (Å²) < 4.78 is 12.6. The minimum Gasteiger partial charge on any atom is -0.241 e. The van der Waals surface area contributed by atoms with Crippen molar-refractivity contribution < 1.29 is 4.39 Å². The first kappa shape index (κ1) is 9.42. The van der Waals surface area contributed by atoms with Gasteiger partial charge in [0.2, 0.25) is 0 Å². The number of pyridine rings is 1. The SMILES string of the molecule is Fc1cc(C(Br)Br)cnc1Cl. The standard InChI is InChI=1S/C6H3Br2ClFN/c7-5(8)3-1-4(10)6(9)11-2-3/h1-2,5H. The van der Waals surface area contributed by atoms with Gasteiger partial charge in [0.1, 0.15) is 0 Å². The van der Waals surface area contributed by atoms with Crippen LogP contribution in [0.5, 0.6) is 0 Å². The van der Waals surface area contributed by atoms with Gasteiger partial charge in [0, 0.05) is 6.20 Å². The van der Waals surface area contributed by atoms with Gasteiger partial charge in [-0.25, -0.2) is 9.37 Å². The summed E-state index contributed by atoms with van der Waals surface area (Å²) in [5, 5.41) is -0.102. The molecule has 1 rings (SSSR count). The summed E-state index contributed by atoms with van der Waals surface area (Å²) in [5.74, 6) is -0.506. The van der Waals surface area contributed by atoms with Gasteiger partial charge in [0.05, 0.1) is 3.74 Å². The molecule has 0 radical (unpaired) electrons. The molecule has 60 valence electrons. The average molecular weight is 303 g/mol. The van der Waals surface area contributed by atoms with E-state index in [9.17, 15) is 4.39 Å². The molecule has 1 heterocycles. The van der Waals surface area contributed by atoms with Crippen molar-refractivity contribution >= 4 is 43.5 Å². The Morgan fingerprint density at radius 1 is 1.55 bits per heavy atom. The maximum absolute atomic E-state index is 12.7. The van der Waals surface area contributed by atoms with Crippen LogP contribution >= 0.6 is 43.5 Å². The lowest BCUT2D eigenvalue weighted by Crippen LogP contribution is -1.87. The Morgan fingerprint density at radius 2 is 2.18 bits per heavy atom. The van der Waals surface area contributed by atoms with E-state index in [1.54, 1.807) is 0 Å². The molecule has 0 amide bonds. The highest BCUT2D eigenvalue weighted by Crippen LogP contribution is 2.29. The van der Waals surface area contributed by atoms with Crippen LogP contribution in [-0.2, 0) is 0 Å². The van der Waals surface area contributed by atoms with Gasteiger partial charge >= 0.3 is 0 Å². The summed E-state index contributed by atoms with van der Waals surface area (Å²) in [6.45, 7) is 0. The van der Waals surface area contributed by atoms with Gasteiger partial charge in [-0.15, -0.1) is 0 Å². The molecule has 0 fully saturated rings. The number of halogens is 4. The Balaban J connectivity index is 3.05. The van der Waals surface area contributed by atoms with Crippen LogP contribution in [0.25, 0.3) is 0 Å². The molecular formula is C6H3Br2ClFN. The Bertz CT molecular complexity index is 267. The number of alkyl halides is 2. The van der Waals surface area contributed by atoms with E-state index in [1.165, 1.54) is 12.3 Å². The van der Waals surface area contributed by atoms with Gasteiger partial charge in [-0.1, -0.05) is 43.5 Å². The molecule has 0 aromatic carbocycles. The number of hydrogen-bond donors (Lipinski definition) is 0. The molecule has 0 N–H and O–H groups in total. The van der Waals surface area contributed by atoms with Crippen LogP contribution < -0.4 is 0 Å². The van der Waals surface area contributed by atoms with E-state index in [4.69, 9.17) is 11.6 Å². The van der Waals surface area contributed by atoms with Gasteiger partial charge in [0.25, 0.3) is 0 Å². The van der Waals surface area contributed by atoms with Crippen LogP contribution in [0.2, 0.25) is 5.15 Å². The van der Waals surface area contributed by atoms with Gasteiger partial charge in [-0.2, -0.15) is 0 Å². The quantitative estimate of drug-likeness (QED) is 0.570. The molecule has 0 bridgehead atoms. The maximum atomic E-state index is 12.7. The number of aromatic nitrogens is 1. The topological polar surface area (TPSA) is 12.9 Å². The molecule has 0 spiro atoms. The monoisotopic (exact) mass is 301 g/mol. The highest BCUT2D eigenvalue weighted by atomic mass is 79.9. The van der Waals surface area contributed by atoms with E-state index in [1.807, 2.05) is 0 Å². The third-order valence-corrected chi connectivity index (χ3v) is 2.40. The minimum absolute atomic E-state index is 0.0886. The van der Waals surface area contributed by atoms with Crippen LogP contribution in [0, 0.1) is 5.82 Å². The average Bonchev–Trinajstić information content (AvgIpc) is 1.94. The van der Waals surface area contributed by atoms with Gasteiger partial charge < -0.3 is 0 Å². The zero-order chi connectivity index (χ0) is 8.43. The Labute approximate surface area is 85.2 Å². The van der Waals surface area contributed by atoms with Crippen LogP contribution in [0.1, 0.15) is 9.30 Å². The maximum Gasteiger partial charge on any atom is 0.164 e. The highest BCUT2D eigenvalue weighted by molar-refractivity contribution is 9.24. The Hall–Kier alpha value is 0.330. The Kier molecular flexibility index (Phi) is 3.28. The molecule has 0 aliphatic heterocycles. The van der Waals surface area contributed by atoms with Crippen LogP contribution in [0.3, 0.4) is 0 Å². The summed E-state index contributed by atoms with van der Waals surface area (Å²) in [5.41, 5.74) is 0.701. The van der Waals surface area contributed by atoms with Crippen LogP contribution in [0.4, 0.5) is 4.39 Å². The molecule has 1 aromatic rings. The predicted octanol–water partition coefficient (Wildman–Crippen LogP) is 3.66.